The molecule has 5 aromatic rings. The molecule has 0 radical (unpaired) electrons. The topological polar surface area (TPSA) is 74.8 Å². The summed E-state index contributed by atoms with van der Waals surface area (Å²) in [6.45, 7) is 4.46. The summed E-state index contributed by atoms with van der Waals surface area (Å²) in [6, 6.07) is 23.2. The Bertz CT molecular complexity index is 2040. The molecule has 1 aliphatic rings. The molecular formula is C33H28BrN3O4S. The highest BCUT2D eigenvalue weighted by Crippen LogP contribution is 2.32. The molecule has 0 unspecified atom stereocenters. The van der Waals surface area contributed by atoms with E-state index in [0.29, 0.717) is 32.9 Å². The predicted octanol–water partition coefficient (Wildman–Crippen LogP) is 5.57. The number of ether oxygens (including phenoxy) is 2. The number of halogens is 1. The summed E-state index contributed by atoms with van der Waals surface area (Å²) in [5.74, 6) is 0.142. The SMILES string of the molecule is CCOC(=O)C1=C(C)N=c2s/c(=C/c3cn(Cc4ccc(Br)cc4)c4ccccc34)c(=O)n2[C@H]1c1cccc(OC)c1. The van der Waals surface area contributed by atoms with Gasteiger partial charge in [-0.1, -0.05) is 69.7 Å². The van der Waals surface area contributed by atoms with Crippen molar-refractivity contribution in [2.24, 2.45) is 4.99 Å². The van der Waals surface area contributed by atoms with E-state index in [9.17, 15) is 9.59 Å². The van der Waals surface area contributed by atoms with Crippen LogP contribution in [0.15, 0.2) is 105 Å². The maximum Gasteiger partial charge on any atom is 0.338 e. The highest BCUT2D eigenvalue weighted by Gasteiger charge is 2.33. The van der Waals surface area contributed by atoms with Crippen molar-refractivity contribution in [1.82, 2.24) is 9.13 Å². The Morgan fingerprint density at radius 1 is 1.10 bits per heavy atom. The number of thiazole rings is 1. The first kappa shape index (κ1) is 27.9. The highest BCUT2D eigenvalue weighted by atomic mass is 79.9. The Morgan fingerprint density at radius 3 is 2.64 bits per heavy atom. The van der Waals surface area contributed by atoms with E-state index in [0.717, 1.165) is 26.5 Å². The number of benzene rings is 3. The Labute approximate surface area is 254 Å². The molecule has 0 aliphatic carbocycles. The van der Waals surface area contributed by atoms with Crippen LogP contribution in [0.2, 0.25) is 0 Å². The van der Waals surface area contributed by atoms with Crippen molar-refractivity contribution < 1.29 is 14.3 Å². The summed E-state index contributed by atoms with van der Waals surface area (Å²) >= 11 is 4.82. The fourth-order valence-electron chi connectivity index (χ4n) is 5.37. The average molecular weight is 643 g/mol. The first-order chi connectivity index (χ1) is 20.4. The minimum atomic E-state index is -0.698. The van der Waals surface area contributed by atoms with E-state index in [-0.39, 0.29) is 12.2 Å². The third kappa shape index (κ3) is 5.14. The molecule has 42 heavy (non-hydrogen) atoms. The van der Waals surface area contributed by atoms with E-state index in [2.05, 4.69) is 51.0 Å². The fourth-order valence-corrected chi connectivity index (χ4v) is 6.67. The molecule has 0 saturated carbocycles. The molecule has 9 heteroatoms. The molecule has 3 heterocycles. The molecule has 0 amide bonds. The molecule has 1 atom stereocenters. The lowest BCUT2D eigenvalue weighted by Gasteiger charge is -2.25. The molecule has 0 fully saturated rings. The van der Waals surface area contributed by atoms with Crippen LogP contribution >= 0.6 is 27.3 Å². The van der Waals surface area contributed by atoms with E-state index in [1.54, 1.807) is 25.5 Å². The van der Waals surface area contributed by atoms with Gasteiger partial charge < -0.3 is 14.0 Å². The Morgan fingerprint density at radius 2 is 1.88 bits per heavy atom. The van der Waals surface area contributed by atoms with Crippen LogP contribution in [0.3, 0.4) is 0 Å². The second kappa shape index (κ2) is 11.6. The van der Waals surface area contributed by atoms with Crippen molar-refractivity contribution in [2.45, 2.75) is 26.4 Å². The molecule has 0 bridgehead atoms. The molecule has 1 aliphatic heterocycles. The molecule has 0 spiro atoms. The first-order valence-electron chi connectivity index (χ1n) is 13.5. The monoisotopic (exact) mass is 641 g/mol. The van der Waals surface area contributed by atoms with Crippen molar-refractivity contribution >= 4 is 50.2 Å². The van der Waals surface area contributed by atoms with Gasteiger partial charge in [0, 0.05) is 33.7 Å². The maximum atomic E-state index is 14.1. The van der Waals surface area contributed by atoms with Crippen LogP contribution in [0, 0.1) is 0 Å². The maximum absolute atomic E-state index is 14.1. The Hall–Kier alpha value is -4.21. The van der Waals surface area contributed by atoms with Gasteiger partial charge in [0.25, 0.3) is 5.56 Å². The molecular weight excluding hydrogens is 614 g/mol. The number of carbonyl (C=O) groups excluding carboxylic acids is 1. The van der Waals surface area contributed by atoms with E-state index in [1.807, 2.05) is 54.6 Å². The van der Waals surface area contributed by atoms with Gasteiger partial charge in [0.1, 0.15) is 5.75 Å². The lowest BCUT2D eigenvalue weighted by atomic mass is 9.95. The van der Waals surface area contributed by atoms with Crippen LogP contribution in [-0.4, -0.2) is 28.8 Å². The lowest BCUT2D eigenvalue weighted by Crippen LogP contribution is -2.39. The molecule has 0 N–H and O–H groups in total. The smallest absolute Gasteiger partial charge is 0.338 e. The summed E-state index contributed by atoms with van der Waals surface area (Å²) in [5.41, 5.74) is 4.58. The molecule has 6 rings (SSSR count). The van der Waals surface area contributed by atoms with Gasteiger partial charge in [-0.2, -0.15) is 0 Å². The van der Waals surface area contributed by atoms with Gasteiger partial charge >= 0.3 is 5.97 Å². The van der Waals surface area contributed by atoms with Gasteiger partial charge in [-0.3, -0.25) is 9.36 Å². The van der Waals surface area contributed by atoms with Gasteiger partial charge in [-0.25, -0.2) is 9.79 Å². The van der Waals surface area contributed by atoms with Crippen LogP contribution < -0.4 is 19.6 Å². The van der Waals surface area contributed by atoms with E-state index in [4.69, 9.17) is 14.5 Å². The zero-order valence-corrected chi connectivity index (χ0v) is 25.7. The van der Waals surface area contributed by atoms with Gasteiger partial charge in [-0.15, -0.1) is 0 Å². The minimum absolute atomic E-state index is 0.217. The van der Waals surface area contributed by atoms with Crippen molar-refractivity contribution in [2.75, 3.05) is 13.7 Å². The molecule has 0 saturated heterocycles. The molecule has 7 nitrogen and oxygen atoms in total. The quantitative estimate of drug-likeness (QED) is 0.218. The molecule has 2 aromatic heterocycles. The third-order valence-corrected chi connectivity index (χ3v) is 8.81. The summed E-state index contributed by atoms with van der Waals surface area (Å²) < 4.78 is 16.2. The van der Waals surface area contributed by atoms with Gasteiger partial charge in [0.15, 0.2) is 4.80 Å². The number of allylic oxidation sites excluding steroid dienone is 1. The number of aromatic nitrogens is 2. The van der Waals surface area contributed by atoms with Gasteiger partial charge in [-0.05, 0) is 61.4 Å². The van der Waals surface area contributed by atoms with Crippen molar-refractivity contribution in [3.63, 3.8) is 0 Å². The number of hydrogen-bond acceptors (Lipinski definition) is 6. The van der Waals surface area contributed by atoms with Gasteiger partial charge in [0.05, 0.1) is 35.6 Å². The number of methoxy groups -OCH3 is 1. The third-order valence-electron chi connectivity index (χ3n) is 7.30. The number of para-hydroxylation sites is 1. The standard InChI is InChI=1S/C33H28BrN3O4S/c1-4-41-32(39)29-20(2)35-33-37(30(29)22-8-7-9-25(16-22)40-3)31(38)28(42-33)17-23-19-36(27-11-6-5-10-26(23)27)18-21-12-14-24(34)15-13-21/h5-17,19,30H,4,18H2,1-3H3/b28-17+/t30-/m0/s1. The Kier molecular flexibility index (Phi) is 7.70. The number of nitrogens with zero attached hydrogens (tertiary/aromatic N) is 3. The number of carbonyl (C=O) groups is 1. The van der Waals surface area contributed by atoms with Crippen molar-refractivity contribution in [1.29, 1.82) is 0 Å². The van der Waals surface area contributed by atoms with Gasteiger partial charge in [0.2, 0.25) is 0 Å². The van der Waals surface area contributed by atoms with Crippen LogP contribution in [0.1, 0.15) is 36.6 Å². The fraction of sp³-hybridized carbons (Fsp3) is 0.182. The van der Waals surface area contributed by atoms with E-state index < -0.39 is 12.0 Å². The molecule has 3 aromatic carbocycles. The Balaban J connectivity index is 1.51. The van der Waals surface area contributed by atoms with Crippen molar-refractivity contribution in [3.05, 3.63) is 131 Å². The first-order valence-corrected chi connectivity index (χ1v) is 15.1. The minimum Gasteiger partial charge on any atom is -0.497 e. The number of esters is 1. The van der Waals surface area contributed by atoms with E-state index in [1.165, 1.54) is 16.9 Å². The summed E-state index contributed by atoms with van der Waals surface area (Å²) in [4.78, 5) is 32.5. The van der Waals surface area contributed by atoms with Crippen LogP contribution in [0.25, 0.3) is 17.0 Å². The summed E-state index contributed by atoms with van der Waals surface area (Å²) in [6.07, 6.45) is 4.01. The van der Waals surface area contributed by atoms with E-state index >= 15 is 0 Å². The average Bonchev–Trinajstić information content (AvgIpc) is 3.49. The second-order valence-corrected chi connectivity index (χ2v) is 11.9. The predicted molar refractivity (Wildman–Crippen MR) is 169 cm³/mol. The lowest BCUT2D eigenvalue weighted by molar-refractivity contribution is -0.139. The number of fused-ring (bicyclic) bond motifs is 2. The zero-order chi connectivity index (χ0) is 29.4. The highest BCUT2D eigenvalue weighted by molar-refractivity contribution is 9.10. The second-order valence-electron chi connectivity index (χ2n) is 9.93. The number of hydrogen-bond donors (Lipinski definition) is 0. The van der Waals surface area contributed by atoms with Crippen LogP contribution in [0.4, 0.5) is 0 Å². The van der Waals surface area contributed by atoms with Crippen molar-refractivity contribution in [3.8, 4) is 5.75 Å². The summed E-state index contributed by atoms with van der Waals surface area (Å²) in [7, 11) is 1.59. The number of rotatable bonds is 7. The molecule has 212 valence electrons. The zero-order valence-electron chi connectivity index (χ0n) is 23.3. The van der Waals surface area contributed by atoms with Crippen LogP contribution in [0.5, 0.6) is 5.75 Å². The normalized spacial score (nSPS) is 15.0. The largest absolute Gasteiger partial charge is 0.497 e. The van der Waals surface area contributed by atoms with Crippen LogP contribution in [-0.2, 0) is 16.1 Å². The summed E-state index contributed by atoms with van der Waals surface area (Å²) in [5, 5.41) is 1.05.